The number of aryl methyl sites for hydroxylation is 1. The Morgan fingerprint density at radius 1 is 1.24 bits per heavy atom. The molecule has 5 heteroatoms. The van der Waals surface area contributed by atoms with Crippen LogP contribution in [0.2, 0.25) is 0 Å². The lowest BCUT2D eigenvalue weighted by atomic mass is 10.1. The number of rotatable bonds is 3. The highest BCUT2D eigenvalue weighted by molar-refractivity contribution is 7.90. The molecule has 1 saturated carbocycles. The van der Waals surface area contributed by atoms with Gasteiger partial charge in [0.2, 0.25) is 10.0 Å². The molecule has 0 spiro atoms. The Morgan fingerprint density at radius 3 is 2.38 bits per heavy atom. The second kappa shape index (κ2) is 4.71. The van der Waals surface area contributed by atoms with Crippen LogP contribution in [-0.4, -0.2) is 30.1 Å². The summed E-state index contributed by atoms with van der Waals surface area (Å²) in [4.78, 5) is 0. The van der Waals surface area contributed by atoms with E-state index in [0.29, 0.717) is 12.5 Å². The second-order valence-corrected chi connectivity index (χ2v) is 9.74. The van der Waals surface area contributed by atoms with E-state index in [0.717, 1.165) is 29.9 Å². The average molecular weight is 309 g/mol. The molecule has 0 radical (unpaired) electrons. The molecule has 1 aromatic heterocycles. The molecule has 1 unspecified atom stereocenters. The van der Waals surface area contributed by atoms with E-state index in [1.807, 2.05) is 19.1 Å². The lowest BCUT2D eigenvalue weighted by molar-refractivity contribution is 0.369. The lowest BCUT2D eigenvalue weighted by Gasteiger charge is -2.31. The van der Waals surface area contributed by atoms with Gasteiger partial charge in [-0.05, 0) is 58.6 Å². The number of hydrogen-bond acceptors (Lipinski definition) is 3. The van der Waals surface area contributed by atoms with Crippen molar-refractivity contribution in [2.24, 2.45) is 5.92 Å². The molecule has 3 rings (SSSR count). The van der Waals surface area contributed by atoms with Crippen LogP contribution in [0.5, 0.6) is 0 Å². The predicted molar refractivity (Wildman–Crippen MR) is 83.3 cm³/mol. The molecule has 116 valence electrons. The van der Waals surface area contributed by atoms with Crippen molar-refractivity contribution in [3.8, 4) is 0 Å². The topological polar surface area (TPSA) is 50.5 Å². The van der Waals surface area contributed by atoms with Gasteiger partial charge < -0.3 is 4.42 Å². The molecule has 1 fully saturated rings. The van der Waals surface area contributed by atoms with Gasteiger partial charge in [0, 0.05) is 18.2 Å². The van der Waals surface area contributed by atoms with Crippen molar-refractivity contribution in [1.29, 1.82) is 0 Å². The summed E-state index contributed by atoms with van der Waals surface area (Å²) in [6.07, 6.45) is 4.32. The Hall–Kier alpha value is -1.07. The van der Waals surface area contributed by atoms with E-state index in [1.54, 1.807) is 25.1 Å². The first-order valence-electron chi connectivity index (χ1n) is 7.49. The van der Waals surface area contributed by atoms with Crippen LogP contribution < -0.4 is 0 Å². The lowest BCUT2D eigenvalue weighted by Crippen LogP contribution is -2.46. The Balaban J connectivity index is 1.94. The van der Waals surface area contributed by atoms with Crippen molar-refractivity contribution in [1.82, 2.24) is 4.31 Å². The molecule has 1 atom stereocenters. The van der Waals surface area contributed by atoms with Crippen LogP contribution in [0, 0.1) is 12.8 Å². The molecule has 4 nitrogen and oxygen atoms in total. The second-order valence-electron chi connectivity index (χ2n) is 7.09. The minimum absolute atomic E-state index is 0.00497. The summed E-state index contributed by atoms with van der Waals surface area (Å²) in [5.41, 5.74) is 0.993. The normalized spacial score (nSPS) is 24.4. The Labute approximate surface area is 126 Å². The average Bonchev–Trinajstić information content (AvgIpc) is 2.96. The van der Waals surface area contributed by atoms with Gasteiger partial charge in [0.1, 0.15) is 11.5 Å². The monoisotopic (exact) mass is 309 g/mol. The van der Waals surface area contributed by atoms with E-state index in [9.17, 15) is 8.42 Å². The summed E-state index contributed by atoms with van der Waals surface area (Å²) in [5.74, 6) is 2.12. The van der Waals surface area contributed by atoms with Crippen LogP contribution in [0.4, 0.5) is 0 Å². The number of furan rings is 1. The third-order valence-corrected chi connectivity index (χ3v) is 6.81. The largest absolute Gasteiger partial charge is 0.462 e. The molecule has 1 aliphatic carbocycles. The van der Waals surface area contributed by atoms with Crippen molar-refractivity contribution in [2.75, 3.05) is 6.54 Å². The molecule has 1 aromatic rings. The van der Waals surface area contributed by atoms with E-state index in [4.69, 9.17) is 4.42 Å². The number of sulfonamides is 1. The van der Waals surface area contributed by atoms with Crippen LogP contribution >= 0.6 is 0 Å². The molecule has 0 aromatic carbocycles. The Kier molecular flexibility index (Phi) is 3.33. The fraction of sp³-hybridized carbons (Fsp3) is 0.625. The van der Waals surface area contributed by atoms with Crippen LogP contribution in [-0.2, 0) is 10.0 Å². The van der Waals surface area contributed by atoms with Crippen molar-refractivity contribution in [2.45, 2.75) is 51.3 Å². The minimum Gasteiger partial charge on any atom is -0.462 e. The van der Waals surface area contributed by atoms with Gasteiger partial charge in [-0.25, -0.2) is 8.42 Å². The molecule has 1 aliphatic heterocycles. The zero-order valence-corrected chi connectivity index (χ0v) is 13.9. The highest BCUT2D eigenvalue weighted by Gasteiger charge is 2.47. The van der Waals surface area contributed by atoms with Crippen LogP contribution in [0.3, 0.4) is 0 Å². The molecule has 21 heavy (non-hydrogen) atoms. The van der Waals surface area contributed by atoms with Gasteiger partial charge in [-0.2, -0.15) is 4.31 Å². The van der Waals surface area contributed by atoms with Gasteiger partial charge in [0.15, 0.2) is 0 Å². The number of hydrogen-bond donors (Lipinski definition) is 0. The molecule has 0 amide bonds. The Bertz CT molecular complexity index is 675. The van der Waals surface area contributed by atoms with Crippen LogP contribution in [0.25, 0.3) is 5.57 Å². The van der Waals surface area contributed by atoms with Gasteiger partial charge in [-0.3, -0.25) is 0 Å². The third kappa shape index (κ3) is 2.57. The summed E-state index contributed by atoms with van der Waals surface area (Å²) in [7, 11) is -3.32. The van der Waals surface area contributed by atoms with E-state index in [2.05, 4.69) is 6.08 Å². The van der Waals surface area contributed by atoms with Crippen LogP contribution in [0.1, 0.15) is 45.1 Å². The fourth-order valence-corrected chi connectivity index (χ4v) is 4.35. The van der Waals surface area contributed by atoms with E-state index in [1.165, 1.54) is 0 Å². The maximum atomic E-state index is 12.8. The molecule has 2 aliphatic rings. The summed E-state index contributed by atoms with van der Waals surface area (Å²) in [6, 6.07) is 3.84. The molecule has 0 saturated heterocycles. The maximum absolute atomic E-state index is 12.8. The molecule has 0 N–H and O–H groups in total. The summed E-state index contributed by atoms with van der Waals surface area (Å²) >= 11 is 0. The summed E-state index contributed by atoms with van der Waals surface area (Å²) < 4.78 is 32.3. The van der Waals surface area contributed by atoms with Crippen molar-refractivity contribution in [3.63, 3.8) is 0 Å². The SMILES string of the molecule is Cc1ccc(C2=CC(C3CC3)N(S(=O)(=O)C(C)(C)C)C2)o1. The Morgan fingerprint density at radius 2 is 1.90 bits per heavy atom. The van der Waals surface area contributed by atoms with Gasteiger partial charge in [0.05, 0.1) is 4.75 Å². The predicted octanol–water partition coefficient (Wildman–Crippen LogP) is 3.19. The zero-order chi connectivity index (χ0) is 15.4. The van der Waals surface area contributed by atoms with E-state index < -0.39 is 14.8 Å². The first-order chi connectivity index (χ1) is 9.70. The highest BCUT2D eigenvalue weighted by atomic mass is 32.2. The molecular weight excluding hydrogens is 286 g/mol. The first kappa shape index (κ1) is 14.9. The van der Waals surface area contributed by atoms with Crippen LogP contribution in [0.15, 0.2) is 22.6 Å². The standard InChI is InChI=1S/C16H23NO3S/c1-11-5-8-15(20-11)13-9-14(12-6-7-12)17(10-13)21(18,19)16(2,3)4/h5,8-9,12,14H,6-7,10H2,1-4H3. The van der Waals surface area contributed by atoms with Crippen molar-refractivity contribution >= 4 is 15.6 Å². The van der Waals surface area contributed by atoms with E-state index >= 15 is 0 Å². The zero-order valence-electron chi connectivity index (χ0n) is 13.1. The van der Waals surface area contributed by atoms with Gasteiger partial charge in [-0.15, -0.1) is 0 Å². The van der Waals surface area contributed by atoms with Gasteiger partial charge in [0.25, 0.3) is 0 Å². The summed E-state index contributed by atoms with van der Waals surface area (Å²) in [5, 5.41) is 0. The number of nitrogens with zero attached hydrogens (tertiary/aromatic N) is 1. The van der Waals surface area contributed by atoms with Crippen molar-refractivity contribution in [3.05, 3.63) is 29.7 Å². The van der Waals surface area contributed by atoms with Crippen molar-refractivity contribution < 1.29 is 12.8 Å². The minimum atomic E-state index is -3.32. The molecular formula is C16H23NO3S. The fourth-order valence-electron chi connectivity index (χ4n) is 2.79. The molecule has 0 bridgehead atoms. The van der Waals surface area contributed by atoms with Gasteiger partial charge in [-0.1, -0.05) is 6.08 Å². The highest BCUT2D eigenvalue weighted by Crippen LogP contribution is 2.43. The maximum Gasteiger partial charge on any atom is 0.219 e. The smallest absolute Gasteiger partial charge is 0.219 e. The third-order valence-electron chi connectivity index (χ3n) is 4.28. The molecule has 2 heterocycles. The quantitative estimate of drug-likeness (QED) is 0.861. The van der Waals surface area contributed by atoms with E-state index in [-0.39, 0.29) is 6.04 Å². The van der Waals surface area contributed by atoms with Gasteiger partial charge >= 0.3 is 0 Å². The summed E-state index contributed by atoms with van der Waals surface area (Å²) in [6.45, 7) is 7.62. The first-order valence-corrected chi connectivity index (χ1v) is 8.93.